The van der Waals surface area contributed by atoms with E-state index in [0.717, 1.165) is 5.69 Å². The Bertz CT molecular complexity index is 436. The number of halogens is 1. The molecule has 1 unspecified atom stereocenters. The van der Waals surface area contributed by atoms with Crippen LogP contribution >= 0.6 is 11.6 Å². The summed E-state index contributed by atoms with van der Waals surface area (Å²) in [6.45, 7) is 1.14. The van der Waals surface area contributed by atoms with Gasteiger partial charge in [0.15, 0.2) is 0 Å². The van der Waals surface area contributed by atoms with Gasteiger partial charge in [0.1, 0.15) is 5.88 Å². The van der Waals surface area contributed by atoms with Crippen molar-refractivity contribution in [1.29, 1.82) is 0 Å². The van der Waals surface area contributed by atoms with E-state index in [4.69, 9.17) is 11.6 Å². The van der Waals surface area contributed by atoms with E-state index >= 15 is 0 Å². The molecule has 2 amide bonds. The molecule has 0 radical (unpaired) electrons. The largest absolute Gasteiger partial charge is 0.355 e. The van der Waals surface area contributed by atoms with Crippen LogP contribution < -0.4 is 10.2 Å². The summed E-state index contributed by atoms with van der Waals surface area (Å²) < 4.78 is 0. The van der Waals surface area contributed by atoms with Crippen LogP contribution in [-0.4, -0.2) is 30.8 Å². The quantitative estimate of drug-likeness (QED) is 0.838. The summed E-state index contributed by atoms with van der Waals surface area (Å²) in [5, 5.41) is 2.72. The number of hydrogen-bond donors (Lipinski definition) is 1. The molecular formula is C13H15ClN2O2. The van der Waals surface area contributed by atoms with Crippen LogP contribution in [0.4, 0.5) is 5.69 Å². The first kappa shape index (κ1) is 12.9. The van der Waals surface area contributed by atoms with E-state index < -0.39 is 0 Å². The van der Waals surface area contributed by atoms with Crippen LogP contribution in [0.2, 0.25) is 0 Å². The van der Waals surface area contributed by atoms with Crippen LogP contribution in [0.5, 0.6) is 0 Å². The second kappa shape index (κ2) is 5.87. The Labute approximate surface area is 111 Å². The van der Waals surface area contributed by atoms with Crippen LogP contribution in [0, 0.1) is 5.92 Å². The molecule has 1 aromatic carbocycles. The number of alkyl halides is 1. The highest BCUT2D eigenvalue weighted by Gasteiger charge is 2.30. The molecule has 1 heterocycles. The van der Waals surface area contributed by atoms with E-state index in [1.165, 1.54) is 0 Å². The minimum atomic E-state index is -0.192. The zero-order valence-electron chi connectivity index (χ0n) is 9.93. The summed E-state index contributed by atoms with van der Waals surface area (Å²) in [5.74, 6) is 0.0294. The maximum absolute atomic E-state index is 11.9. The van der Waals surface area contributed by atoms with E-state index in [1.807, 2.05) is 30.3 Å². The van der Waals surface area contributed by atoms with Gasteiger partial charge in [-0.2, -0.15) is 0 Å². The van der Waals surface area contributed by atoms with E-state index in [0.29, 0.717) is 19.5 Å². The predicted molar refractivity (Wildman–Crippen MR) is 70.6 cm³/mol. The molecule has 1 atom stereocenters. The second-order valence-corrected chi connectivity index (χ2v) is 4.62. The third-order valence-electron chi connectivity index (χ3n) is 2.98. The lowest BCUT2D eigenvalue weighted by molar-refractivity contribution is -0.119. The van der Waals surface area contributed by atoms with Gasteiger partial charge in [0.05, 0.1) is 0 Å². The van der Waals surface area contributed by atoms with E-state index in [1.54, 1.807) is 4.90 Å². The molecule has 2 rings (SSSR count). The standard InChI is InChI=1S/C13H15ClN2O2/c14-7-12(17)15-8-10-6-13(18)16(9-10)11-4-2-1-3-5-11/h1-5,10H,6-9H2,(H,15,17). The number of nitrogens with zero attached hydrogens (tertiary/aromatic N) is 1. The van der Waals surface area contributed by atoms with Gasteiger partial charge in [-0.15, -0.1) is 11.6 Å². The van der Waals surface area contributed by atoms with Crippen LogP contribution in [0.15, 0.2) is 30.3 Å². The summed E-state index contributed by atoms with van der Waals surface area (Å²) >= 11 is 5.40. The number of benzene rings is 1. The fraction of sp³-hybridized carbons (Fsp3) is 0.385. The number of anilines is 1. The smallest absolute Gasteiger partial charge is 0.234 e. The molecule has 0 saturated carbocycles. The molecule has 1 N–H and O–H groups in total. The molecule has 1 fully saturated rings. The number of para-hydroxylation sites is 1. The molecule has 5 heteroatoms. The van der Waals surface area contributed by atoms with Crippen molar-refractivity contribution in [2.24, 2.45) is 5.92 Å². The molecule has 96 valence electrons. The summed E-state index contributed by atoms with van der Waals surface area (Å²) in [4.78, 5) is 24.7. The Morgan fingerprint density at radius 1 is 1.39 bits per heavy atom. The van der Waals surface area contributed by atoms with Crippen molar-refractivity contribution < 1.29 is 9.59 Å². The molecule has 4 nitrogen and oxygen atoms in total. The molecule has 1 aliphatic rings. The van der Waals surface area contributed by atoms with E-state index in [-0.39, 0.29) is 23.6 Å². The van der Waals surface area contributed by atoms with Crippen molar-refractivity contribution in [2.45, 2.75) is 6.42 Å². The third-order valence-corrected chi connectivity index (χ3v) is 3.23. The van der Waals surface area contributed by atoms with Crippen molar-refractivity contribution in [3.63, 3.8) is 0 Å². The number of hydrogen-bond acceptors (Lipinski definition) is 2. The normalized spacial score (nSPS) is 19.1. The first-order valence-electron chi connectivity index (χ1n) is 5.89. The van der Waals surface area contributed by atoms with Gasteiger partial charge in [-0.3, -0.25) is 9.59 Å². The first-order valence-corrected chi connectivity index (χ1v) is 6.42. The van der Waals surface area contributed by atoms with Crippen molar-refractivity contribution in [3.05, 3.63) is 30.3 Å². The maximum Gasteiger partial charge on any atom is 0.234 e. The Hall–Kier alpha value is -1.55. The molecule has 1 aliphatic heterocycles. The number of rotatable bonds is 4. The van der Waals surface area contributed by atoms with Crippen LogP contribution in [0.25, 0.3) is 0 Å². The zero-order chi connectivity index (χ0) is 13.0. The van der Waals surface area contributed by atoms with Crippen LogP contribution in [0.3, 0.4) is 0 Å². The van der Waals surface area contributed by atoms with E-state index in [2.05, 4.69) is 5.32 Å². The summed E-state index contributed by atoms with van der Waals surface area (Å²) in [6.07, 6.45) is 0.470. The monoisotopic (exact) mass is 266 g/mol. The van der Waals surface area contributed by atoms with E-state index in [9.17, 15) is 9.59 Å². The third kappa shape index (κ3) is 3.01. The van der Waals surface area contributed by atoms with Gasteiger partial charge in [0.2, 0.25) is 11.8 Å². The van der Waals surface area contributed by atoms with Crippen LogP contribution in [0.1, 0.15) is 6.42 Å². The number of carbonyl (C=O) groups is 2. The highest BCUT2D eigenvalue weighted by molar-refractivity contribution is 6.27. The number of nitrogens with one attached hydrogen (secondary N) is 1. The average molecular weight is 267 g/mol. The minimum absolute atomic E-state index is 0.0386. The van der Waals surface area contributed by atoms with Gasteiger partial charge in [-0.25, -0.2) is 0 Å². The minimum Gasteiger partial charge on any atom is -0.355 e. The van der Waals surface area contributed by atoms with Gasteiger partial charge >= 0.3 is 0 Å². The van der Waals surface area contributed by atoms with Crippen molar-refractivity contribution in [2.75, 3.05) is 23.9 Å². The summed E-state index contributed by atoms with van der Waals surface area (Å²) in [5.41, 5.74) is 0.911. The van der Waals surface area contributed by atoms with Crippen molar-refractivity contribution in [1.82, 2.24) is 5.32 Å². The fourth-order valence-electron chi connectivity index (χ4n) is 2.08. The molecule has 18 heavy (non-hydrogen) atoms. The van der Waals surface area contributed by atoms with Gasteiger partial charge in [-0.05, 0) is 12.1 Å². The Balaban J connectivity index is 1.93. The Morgan fingerprint density at radius 2 is 2.11 bits per heavy atom. The molecule has 0 aliphatic carbocycles. The second-order valence-electron chi connectivity index (χ2n) is 4.35. The zero-order valence-corrected chi connectivity index (χ0v) is 10.7. The number of carbonyl (C=O) groups excluding carboxylic acids is 2. The lowest BCUT2D eigenvalue weighted by Crippen LogP contribution is -2.31. The highest BCUT2D eigenvalue weighted by atomic mass is 35.5. The van der Waals surface area contributed by atoms with Gasteiger partial charge in [-0.1, -0.05) is 18.2 Å². The topological polar surface area (TPSA) is 49.4 Å². The molecular weight excluding hydrogens is 252 g/mol. The van der Waals surface area contributed by atoms with Gasteiger partial charge in [0.25, 0.3) is 0 Å². The van der Waals surface area contributed by atoms with Crippen molar-refractivity contribution in [3.8, 4) is 0 Å². The number of amides is 2. The average Bonchev–Trinajstić information content (AvgIpc) is 2.78. The van der Waals surface area contributed by atoms with Crippen LogP contribution in [-0.2, 0) is 9.59 Å². The predicted octanol–water partition coefficient (Wildman–Crippen LogP) is 1.39. The molecule has 1 saturated heterocycles. The van der Waals surface area contributed by atoms with Gasteiger partial charge in [0, 0.05) is 31.1 Å². The molecule has 0 aromatic heterocycles. The first-order chi connectivity index (χ1) is 8.70. The Kier molecular flexibility index (Phi) is 4.20. The highest BCUT2D eigenvalue weighted by Crippen LogP contribution is 2.24. The summed E-state index contributed by atoms with van der Waals surface area (Å²) in [6, 6.07) is 9.56. The SMILES string of the molecule is O=C(CCl)NCC1CC(=O)N(c2ccccc2)C1. The molecule has 0 spiro atoms. The summed E-state index contributed by atoms with van der Waals surface area (Å²) in [7, 11) is 0. The molecule has 1 aromatic rings. The molecule has 0 bridgehead atoms. The lowest BCUT2D eigenvalue weighted by atomic mass is 10.1. The maximum atomic E-state index is 11.9. The Morgan fingerprint density at radius 3 is 2.78 bits per heavy atom. The van der Waals surface area contributed by atoms with Crippen molar-refractivity contribution >= 4 is 29.1 Å². The fourth-order valence-corrected chi connectivity index (χ4v) is 2.18. The van der Waals surface area contributed by atoms with Gasteiger partial charge < -0.3 is 10.2 Å². The lowest BCUT2D eigenvalue weighted by Gasteiger charge is -2.16.